The molecule has 6 nitrogen and oxygen atoms in total. The van der Waals surface area contributed by atoms with Crippen LogP contribution in [0.4, 0.5) is 10.1 Å². The second-order valence-corrected chi connectivity index (χ2v) is 8.33. The number of halogens is 1. The minimum absolute atomic E-state index is 0.102. The molecule has 1 aromatic carbocycles. The van der Waals surface area contributed by atoms with Crippen LogP contribution in [-0.2, 0) is 15.0 Å². The number of hydrogen-bond acceptors (Lipinski definition) is 3. The zero-order chi connectivity index (χ0) is 18.1. The van der Waals surface area contributed by atoms with Crippen LogP contribution in [0.3, 0.4) is 0 Å². The zero-order valence-corrected chi connectivity index (χ0v) is 15.2. The van der Waals surface area contributed by atoms with Crippen molar-refractivity contribution in [1.82, 2.24) is 9.03 Å². The number of anilines is 1. The minimum Gasteiger partial charge on any atom is -0.326 e. The molecule has 134 valence electrons. The van der Waals surface area contributed by atoms with Crippen LogP contribution in [0.25, 0.3) is 0 Å². The number of benzene rings is 1. The largest absolute Gasteiger partial charge is 0.326 e. The fourth-order valence-electron chi connectivity index (χ4n) is 2.79. The van der Waals surface area contributed by atoms with Gasteiger partial charge in [0.2, 0.25) is 5.91 Å². The standard InChI is InChI=1S/C16H24FN3O3S/c1-10(2)19-24(22,23)20-8-12(4)14(9-20)16(21)18-13-5-6-15(17)11(3)7-13/h5-7,10,12,14,19H,8-9H2,1-4H3,(H,18,21). The fraction of sp³-hybridized carbons (Fsp3) is 0.562. The smallest absolute Gasteiger partial charge is 0.279 e. The number of nitrogens with zero attached hydrogens (tertiary/aromatic N) is 1. The van der Waals surface area contributed by atoms with Crippen LogP contribution >= 0.6 is 0 Å². The zero-order valence-electron chi connectivity index (χ0n) is 14.3. The van der Waals surface area contributed by atoms with Gasteiger partial charge < -0.3 is 5.32 Å². The highest BCUT2D eigenvalue weighted by Gasteiger charge is 2.40. The molecule has 0 aromatic heterocycles. The normalized spacial score (nSPS) is 22.1. The van der Waals surface area contributed by atoms with Gasteiger partial charge in [-0.05, 0) is 50.5 Å². The third-order valence-corrected chi connectivity index (χ3v) is 5.81. The second kappa shape index (κ2) is 7.16. The first-order valence-corrected chi connectivity index (χ1v) is 9.38. The van der Waals surface area contributed by atoms with Crippen LogP contribution in [-0.4, -0.2) is 37.8 Å². The van der Waals surface area contributed by atoms with Gasteiger partial charge in [-0.2, -0.15) is 17.4 Å². The van der Waals surface area contributed by atoms with Gasteiger partial charge in [0.15, 0.2) is 0 Å². The number of amides is 1. The summed E-state index contributed by atoms with van der Waals surface area (Å²) in [6.45, 7) is 7.40. The van der Waals surface area contributed by atoms with Crippen LogP contribution in [0.5, 0.6) is 0 Å². The summed E-state index contributed by atoms with van der Waals surface area (Å²) in [7, 11) is -3.59. The van der Waals surface area contributed by atoms with Gasteiger partial charge >= 0.3 is 0 Å². The maximum Gasteiger partial charge on any atom is 0.279 e. The van der Waals surface area contributed by atoms with E-state index in [4.69, 9.17) is 0 Å². The molecule has 2 rings (SSSR count). The van der Waals surface area contributed by atoms with Crippen LogP contribution in [0.15, 0.2) is 18.2 Å². The van der Waals surface area contributed by atoms with Crippen molar-refractivity contribution >= 4 is 21.8 Å². The van der Waals surface area contributed by atoms with Crippen molar-refractivity contribution in [2.75, 3.05) is 18.4 Å². The molecular weight excluding hydrogens is 333 g/mol. The average Bonchev–Trinajstić information content (AvgIpc) is 2.84. The van der Waals surface area contributed by atoms with Gasteiger partial charge in [0.05, 0.1) is 5.92 Å². The lowest BCUT2D eigenvalue weighted by Crippen LogP contribution is -2.43. The maximum atomic E-state index is 13.3. The molecule has 1 fully saturated rings. The Bertz CT molecular complexity index is 721. The molecule has 0 saturated carbocycles. The van der Waals surface area contributed by atoms with Crippen molar-refractivity contribution in [3.05, 3.63) is 29.6 Å². The van der Waals surface area contributed by atoms with Crippen molar-refractivity contribution in [3.8, 4) is 0 Å². The van der Waals surface area contributed by atoms with Crippen LogP contribution in [0, 0.1) is 24.6 Å². The van der Waals surface area contributed by atoms with Gasteiger partial charge in [-0.1, -0.05) is 6.92 Å². The topological polar surface area (TPSA) is 78.5 Å². The Hall–Kier alpha value is -1.51. The first kappa shape index (κ1) is 18.8. The quantitative estimate of drug-likeness (QED) is 0.845. The fourth-order valence-corrected chi connectivity index (χ4v) is 4.32. The van der Waals surface area contributed by atoms with Gasteiger partial charge in [0.1, 0.15) is 5.82 Å². The summed E-state index contributed by atoms with van der Waals surface area (Å²) >= 11 is 0. The van der Waals surface area contributed by atoms with Crippen molar-refractivity contribution in [1.29, 1.82) is 0 Å². The second-order valence-electron chi connectivity index (χ2n) is 6.63. The summed E-state index contributed by atoms with van der Waals surface area (Å²) < 4.78 is 41.6. The Labute approximate surface area is 142 Å². The Morgan fingerprint density at radius 1 is 1.33 bits per heavy atom. The van der Waals surface area contributed by atoms with Crippen molar-refractivity contribution in [3.63, 3.8) is 0 Å². The molecule has 0 bridgehead atoms. The van der Waals surface area contributed by atoms with E-state index in [-0.39, 0.29) is 30.2 Å². The molecule has 2 N–H and O–H groups in total. The summed E-state index contributed by atoms with van der Waals surface area (Å²) in [5.74, 6) is -1.13. The molecule has 1 saturated heterocycles. The summed E-state index contributed by atoms with van der Waals surface area (Å²) in [4.78, 5) is 12.5. The third kappa shape index (κ3) is 4.31. The summed E-state index contributed by atoms with van der Waals surface area (Å²) in [6, 6.07) is 4.14. The van der Waals surface area contributed by atoms with Crippen molar-refractivity contribution < 1.29 is 17.6 Å². The lowest BCUT2D eigenvalue weighted by molar-refractivity contribution is -0.120. The van der Waals surface area contributed by atoms with Crippen molar-refractivity contribution in [2.24, 2.45) is 11.8 Å². The molecule has 1 aromatic rings. The van der Waals surface area contributed by atoms with E-state index in [0.29, 0.717) is 17.8 Å². The summed E-state index contributed by atoms with van der Waals surface area (Å²) in [5, 5.41) is 2.75. The van der Waals surface area contributed by atoms with Crippen LogP contribution in [0.2, 0.25) is 0 Å². The highest BCUT2D eigenvalue weighted by molar-refractivity contribution is 7.87. The molecule has 1 aliphatic heterocycles. The van der Waals surface area contributed by atoms with E-state index >= 15 is 0 Å². The van der Waals surface area contributed by atoms with Gasteiger partial charge in [0.25, 0.3) is 10.2 Å². The molecule has 8 heteroatoms. The molecule has 24 heavy (non-hydrogen) atoms. The van der Waals surface area contributed by atoms with Gasteiger partial charge in [-0.25, -0.2) is 4.39 Å². The van der Waals surface area contributed by atoms with Gasteiger partial charge in [-0.3, -0.25) is 4.79 Å². The average molecular weight is 357 g/mol. The Morgan fingerprint density at radius 2 is 2.00 bits per heavy atom. The Morgan fingerprint density at radius 3 is 2.58 bits per heavy atom. The van der Waals surface area contributed by atoms with E-state index in [1.165, 1.54) is 16.4 Å². The number of carbonyl (C=O) groups is 1. The molecule has 0 spiro atoms. The van der Waals surface area contributed by atoms with E-state index in [1.54, 1.807) is 26.8 Å². The molecule has 2 unspecified atom stereocenters. The summed E-state index contributed by atoms with van der Waals surface area (Å²) in [5.41, 5.74) is 0.949. The molecule has 1 amide bonds. The highest BCUT2D eigenvalue weighted by Crippen LogP contribution is 2.26. The lowest BCUT2D eigenvalue weighted by atomic mass is 9.97. The molecule has 0 radical (unpaired) electrons. The SMILES string of the molecule is Cc1cc(NC(=O)C2CN(S(=O)(=O)NC(C)C)CC2C)ccc1F. The van der Waals surface area contributed by atoms with E-state index < -0.39 is 16.1 Å². The monoisotopic (exact) mass is 357 g/mol. The number of nitrogens with one attached hydrogen (secondary N) is 2. The first-order chi connectivity index (χ1) is 11.1. The number of aryl methyl sites for hydroxylation is 1. The van der Waals surface area contributed by atoms with Crippen LogP contribution < -0.4 is 10.0 Å². The van der Waals surface area contributed by atoms with E-state index in [1.807, 2.05) is 6.92 Å². The Balaban J connectivity index is 2.06. The third-order valence-electron chi connectivity index (χ3n) is 4.07. The highest BCUT2D eigenvalue weighted by atomic mass is 32.2. The van der Waals surface area contributed by atoms with E-state index in [0.717, 1.165) is 0 Å². The van der Waals surface area contributed by atoms with Gasteiger partial charge in [0, 0.05) is 24.8 Å². The summed E-state index contributed by atoms with van der Waals surface area (Å²) in [6.07, 6.45) is 0. The first-order valence-electron chi connectivity index (χ1n) is 7.94. The maximum absolute atomic E-state index is 13.3. The van der Waals surface area contributed by atoms with Gasteiger partial charge in [-0.15, -0.1) is 0 Å². The number of hydrogen-bond donors (Lipinski definition) is 2. The number of carbonyl (C=O) groups excluding carboxylic acids is 1. The molecule has 0 aliphatic carbocycles. The molecular formula is C16H24FN3O3S. The van der Waals surface area contributed by atoms with Crippen LogP contribution in [0.1, 0.15) is 26.3 Å². The molecule has 2 atom stereocenters. The predicted octanol–water partition coefficient (Wildman–Crippen LogP) is 1.88. The van der Waals surface area contributed by atoms with E-state index in [2.05, 4.69) is 10.0 Å². The minimum atomic E-state index is -3.59. The molecule has 1 aliphatic rings. The number of rotatable bonds is 5. The van der Waals surface area contributed by atoms with Crippen molar-refractivity contribution in [2.45, 2.75) is 33.7 Å². The van der Waals surface area contributed by atoms with E-state index in [9.17, 15) is 17.6 Å². The molecule has 1 heterocycles. The Kier molecular flexibility index (Phi) is 5.62. The predicted molar refractivity (Wildman–Crippen MR) is 91.2 cm³/mol. The lowest BCUT2D eigenvalue weighted by Gasteiger charge is -2.18.